The van der Waals surface area contributed by atoms with E-state index in [1.54, 1.807) is 0 Å². The fourth-order valence-electron chi connectivity index (χ4n) is 0.914. The van der Waals surface area contributed by atoms with Crippen molar-refractivity contribution in [2.45, 2.75) is 0 Å². The van der Waals surface area contributed by atoms with Crippen LogP contribution in [-0.2, 0) is 0 Å². The molecule has 0 aromatic carbocycles. The molecule has 0 unspecified atom stereocenters. The summed E-state index contributed by atoms with van der Waals surface area (Å²) in [6.07, 6.45) is 2.60. The molecule has 0 aliphatic rings. The number of fused-ring (bicyclic) bond motifs is 1. The number of carboxylic acid groups (broad SMARTS) is 1. The maximum absolute atomic E-state index is 10.6. The number of H-pyrrole nitrogens is 1. The summed E-state index contributed by atoms with van der Waals surface area (Å²) in [5, 5.41) is 14.9. The Balaban J connectivity index is 2.80. The van der Waals surface area contributed by atoms with Crippen molar-refractivity contribution in [1.82, 2.24) is 19.6 Å². The molecule has 2 aromatic heterocycles. The summed E-state index contributed by atoms with van der Waals surface area (Å²) in [5.74, 6) is -0.688. The number of rotatable bonds is 1. The van der Waals surface area contributed by atoms with Crippen LogP contribution in [-0.4, -0.2) is 30.7 Å². The molecule has 2 rings (SSSR count). The third-order valence-corrected chi connectivity index (χ3v) is 1.81. The average molecular weight is 196 g/mol. The first-order valence-corrected chi connectivity index (χ1v) is 3.75. The van der Waals surface area contributed by atoms with E-state index in [0.29, 0.717) is 10.5 Å². The second kappa shape index (κ2) is 2.63. The molecule has 0 radical (unpaired) electrons. The van der Waals surface area contributed by atoms with Crippen molar-refractivity contribution in [3.05, 3.63) is 22.7 Å². The lowest BCUT2D eigenvalue weighted by Crippen LogP contribution is -2.00. The van der Waals surface area contributed by atoms with E-state index in [1.807, 2.05) is 0 Å². The lowest BCUT2D eigenvalue weighted by atomic mass is 10.3. The van der Waals surface area contributed by atoms with Crippen molar-refractivity contribution in [2.75, 3.05) is 0 Å². The molecule has 13 heavy (non-hydrogen) atoms. The third kappa shape index (κ3) is 1.18. The van der Waals surface area contributed by atoms with Gasteiger partial charge in [-0.2, -0.15) is 0 Å². The van der Waals surface area contributed by atoms with Gasteiger partial charge in [-0.05, 0) is 12.2 Å². The Hall–Kier alpha value is -1.76. The van der Waals surface area contributed by atoms with E-state index in [9.17, 15) is 4.79 Å². The zero-order valence-electron chi connectivity index (χ0n) is 6.26. The normalized spacial score (nSPS) is 10.5. The van der Waals surface area contributed by atoms with Gasteiger partial charge in [-0.3, -0.25) is 4.40 Å². The largest absolute Gasteiger partial charge is 0.478 e. The molecule has 0 aliphatic carbocycles. The Morgan fingerprint density at radius 1 is 1.69 bits per heavy atom. The highest BCUT2D eigenvalue weighted by molar-refractivity contribution is 7.71. The van der Waals surface area contributed by atoms with Gasteiger partial charge in [0.1, 0.15) is 0 Å². The summed E-state index contributed by atoms with van der Waals surface area (Å²) >= 11 is 4.85. The smallest absolute Gasteiger partial charge is 0.338 e. The Labute approximate surface area is 76.9 Å². The van der Waals surface area contributed by atoms with Crippen LogP contribution >= 0.6 is 12.2 Å². The van der Waals surface area contributed by atoms with Crippen LogP contribution in [0.5, 0.6) is 0 Å². The predicted octanol–water partition coefficient (Wildman–Crippen LogP) is 0.485. The molecule has 0 spiro atoms. The lowest BCUT2D eigenvalue weighted by molar-refractivity contribution is 0.0696. The van der Waals surface area contributed by atoms with Crippen LogP contribution in [0.15, 0.2) is 12.4 Å². The van der Waals surface area contributed by atoms with Crippen LogP contribution in [0.3, 0.4) is 0 Å². The molecule has 0 atom stereocenters. The number of carbonyl (C=O) groups is 1. The van der Waals surface area contributed by atoms with E-state index in [0.717, 1.165) is 0 Å². The Morgan fingerprint density at radius 2 is 2.46 bits per heavy atom. The van der Waals surface area contributed by atoms with Crippen LogP contribution in [0.2, 0.25) is 0 Å². The molecular formula is C6H4N4O2S. The summed E-state index contributed by atoms with van der Waals surface area (Å²) in [4.78, 5) is 14.4. The quantitative estimate of drug-likeness (QED) is 0.648. The number of aromatic amines is 1. The van der Waals surface area contributed by atoms with Gasteiger partial charge in [0, 0.05) is 12.4 Å². The maximum atomic E-state index is 10.6. The number of aromatic nitrogens is 4. The molecule has 2 N–H and O–H groups in total. The fraction of sp³-hybridized carbons (Fsp3) is 0. The zero-order chi connectivity index (χ0) is 9.42. The van der Waals surface area contributed by atoms with Gasteiger partial charge in [0.25, 0.3) is 5.78 Å². The number of nitrogens with one attached hydrogen (secondary N) is 1. The Kier molecular flexibility index (Phi) is 1.59. The number of hydrogen-bond donors (Lipinski definition) is 2. The van der Waals surface area contributed by atoms with Crippen LogP contribution < -0.4 is 0 Å². The molecule has 0 aliphatic heterocycles. The van der Waals surface area contributed by atoms with Crippen molar-refractivity contribution in [2.24, 2.45) is 0 Å². The first-order valence-electron chi connectivity index (χ1n) is 3.34. The van der Waals surface area contributed by atoms with Crippen LogP contribution in [0.1, 0.15) is 10.4 Å². The van der Waals surface area contributed by atoms with Gasteiger partial charge >= 0.3 is 5.97 Å². The van der Waals surface area contributed by atoms with Crippen molar-refractivity contribution >= 4 is 24.0 Å². The molecule has 0 bridgehead atoms. The SMILES string of the molecule is O=C(O)c1cnc2n[nH]c(=S)n2c1. The van der Waals surface area contributed by atoms with E-state index in [4.69, 9.17) is 17.3 Å². The first-order chi connectivity index (χ1) is 6.18. The molecule has 7 heteroatoms. The minimum absolute atomic E-state index is 0.0741. The second-order valence-electron chi connectivity index (χ2n) is 2.35. The average Bonchev–Trinajstić information content (AvgIpc) is 2.47. The van der Waals surface area contributed by atoms with Gasteiger partial charge in [-0.15, -0.1) is 5.10 Å². The van der Waals surface area contributed by atoms with Gasteiger partial charge in [-0.1, -0.05) is 0 Å². The molecule has 2 heterocycles. The van der Waals surface area contributed by atoms with Crippen LogP contribution in [0.25, 0.3) is 5.78 Å². The van der Waals surface area contributed by atoms with Gasteiger partial charge in [0.15, 0.2) is 0 Å². The van der Waals surface area contributed by atoms with Crippen molar-refractivity contribution < 1.29 is 9.90 Å². The standard InChI is InChI=1S/C6H4N4O2S/c11-4(12)3-1-7-5-8-9-6(13)10(5)2-3/h1-2H,(H,9,13)(H,11,12). The van der Waals surface area contributed by atoms with E-state index < -0.39 is 5.97 Å². The third-order valence-electron chi connectivity index (χ3n) is 1.52. The fourth-order valence-corrected chi connectivity index (χ4v) is 1.09. The number of carboxylic acids is 1. The maximum Gasteiger partial charge on any atom is 0.338 e. The summed E-state index contributed by atoms with van der Waals surface area (Å²) in [6, 6.07) is 0. The summed E-state index contributed by atoms with van der Waals surface area (Å²) in [6.45, 7) is 0. The van der Waals surface area contributed by atoms with E-state index in [-0.39, 0.29) is 5.56 Å². The zero-order valence-corrected chi connectivity index (χ0v) is 7.08. The highest BCUT2D eigenvalue weighted by Gasteiger charge is 2.05. The van der Waals surface area contributed by atoms with E-state index in [2.05, 4.69) is 15.2 Å². The van der Waals surface area contributed by atoms with E-state index >= 15 is 0 Å². The highest BCUT2D eigenvalue weighted by Crippen LogP contribution is 2.00. The second-order valence-corrected chi connectivity index (χ2v) is 2.73. The monoisotopic (exact) mass is 196 g/mol. The molecule has 66 valence electrons. The minimum atomic E-state index is -1.04. The summed E-state index contributed by atoms with van der Waals surface area (Å²) in [5.41, 5.74) is 0.0741. The van der Waals surface area contributed by atoms with Gasteiger partial charge in [0.2, 0.25) is 4.77 Å². The van der Waals surface area contributed by atoms with Crippen molar-refractivity contribution in [3.8, 4) is 0 Å². The topological polar surface area (TPSA) is 83.3 Å². The number of nitrogens with zero attached hydrogens (tertiary/aromatic N) is 3. The summed E-state index contributed by atoms with van der Waals surface area (Å²) in [7, 11) is 0. The molecule has 0 amide bonds. The van der Waals surface area contributed by atoms with Gasteiger partial charge < -0.3 is 5.11 Å². The molecule has 0 saturated carbocycles. The predicted molar refractivity (Wildman–Crippen MR) is 45.1 cm³/mol. The molecule has 0 saturated heterocycles. The molecule has 2 aromatic rings. The molecular weight excluding hydrogens is 192 g/mol. The van der Waals surface area contributed by atoms with Gasteiger partial charge in [0.05, 0.1) is 5.56 Å². The first kappa shape index (κ1) is 7.87. The summed E-state index contributed by atoms with van der Waals surface area (Å²) < 4.78 is 1.73. The Morgan fingerprint density at radius 3 is 3.15 bits per heavy atom. The van der Waals surface area contributed by atoms with Crippen LogP contribution in [0, 0.1) is 4.77 Å². The number of hydrogen-bond acceptors (Lipinski definition) is 4. The number of aromatic carboxylic acids is 1. The molecule has 0 fully saturated rings. The van der Waals surface area contributed by atoms with Crippen molar-refractivity contribution in [3.63, 3.8) is 0 Å². The molecule has 6 nitrogen and oxygen atoms in total. The minimum Gasteiger partial charge on any atom is -0.478 e. The van der Waals surface area contributed by atoms with E-state index in [1.165, 1.54) is 16.8 Å². The Bertz CT molecular complexity index is 529. The lowest BCUT2D eigenvalue weighted by Gasteiger charge is -1.93. The van der Waals surface area contributed by atoms with Crippen molar-refractivity contribution in [1.29, 1.82) is 0 Å². The van der Waals surface area contributed by atoms with Crippen LogP contribution in [0.4, 0.5) is 0 Å². The van der Waals surface area contributed by atoms with Gasteiger partial charge in [-0.25, -0.2) is 14.9 Å². The highest BCUT2D eigenvalue weighted by atomic mass is 32.1.